The summed E-state index contributed by atoms with van der Waals surface area (Å²) in [6, 6.07) is 1.60. The SMILES string of the molecule is O=C(c1ccn[nH]1)N1CCC[C@H](c2cncc(-c3noc(C(F)(F)F)n3)n2)C1. The molecule has 3 aromatic heterocycles. The predicted molar refractivity (Wildman–Crippen MR) is 86.8 cm³/mol. The van der Waals surface area contributed by atoms with E-state index in [4.69, 9.17) is 0 Å². The molecule has 12 heteroatoms. The number of hydrogen-bond acceptors (Lipinski definition) is 7. The van der Waals surface area contributed by atoms with Gasteiger partial charge in [-0.2, -0.15) is 23.3 Å². The summed E-state index contributed by atoms with van der Waals surface area (Å²) in [5, 5.41) is 9.76. The lowest BCUT2D eigenvalue weighted by Gasteiger charge is -2.32. The Kier molecular flexibility index (Phi) is 4.53. The Balaban J connectivity index is 1.54. The van der Waals surface area contributed by atoms with Crippen LogP contribution >= 0.6 is 0 Å². The van der Waals surface area contributed by atoms with Gasteiger partial charge in [0.25, 0.3) is 5.91 Å². The van der Waals surface area contributed by atoms with Crippen molar-refractivity contribution in [3.63, 3.8) is 0 Å². The van der Waals surface area contributed by atoms with Crippen molar-refractivity contribution < 1.29 is 22.5 Å². The van der Waals surface area contributed by atoms with Gasteiger partial charge in [-0.05, 0) is 18.9 Å². The maximum atomic E-state index is 12.6. The molecular formula is C16H14F3N7O2. The summed E-state index contributed by atoms with van der Waals surface area (Å²) in [5.74, 6) is -2.01. The number of piperidine rings is 1. The molecule has 1 aliphatic heterocycles. The summed E-state index contributed by atoms with van der Waals surface area (Å²) in [7, 11) is 0. The van der Waals surface area contributed by atoms with Crippen LogP contribution in [0.5, 0.6) is 0 Å². The van der Waals surface area contributed by atoms with Crippen molar-refractivity contribution in [3.8, 4) is 11.5 Å². The molecule has 1 N–H and O–H groups in total. The largest absolute Gasteiger partial charge is 0.471 e. The molecule has 146 valence electrons. The molecule has 28 heavy (non-hydrogen) atoms. The number of likely N-dealkylation sites (tertiary alicyclic amines) is 1. The van der Waals surface area contributed by atoms with E-state index in [2.05, 4.69) is 34.8 Å². The Morgan fingerprint density at radius 1 is 1.29 bits per heavy atom. The van der Waals surface area contributed by atoms with Gasteiger partial charge in [-0.3, -0.25) is 14.9 Å². The average molecular weight is 393 g/mol. The number of carbonyl (C=O) groups is 1. The first kappa shape index (κ1) is 18.1. The van der Waals surface area contributed by atoms with Gasteiger partial charge in [0.2, 0.25) is 5.82 Å². The maximum Gasteiger partial charge on any atom is 0.471 e. The van der Waals surface area contributed by atoms with Gasteiger partial charge in [0, 0.05) is 31.4 Å². The number of carbonyl (C=O) groups excluding carboxylic acids is 1. The Bertz CT molecular complexity index is 971. The first-order valence-corrected chi connectivity index (χ1v) is 8.43. The fraction of sp³-hybridized carbons (Fsp3) is 0.375. The quantitative estimate of drug-likeness (QED) is 0.726. The molecule has 3 aromatic rings. The molecule has 0 radical (unpaired) electrons. The molecule has 4 rings (SSSR count). The van der Waals surface area contributed by atoms with Crippen LogP contribution < -0.4 is 0 Å². The zero-order chi connectivity index (χ0) is 19.7. The van der Waals surface area contributed by atoms with Gasteiger partial charge in [-0.25, -0.2) is 4.98 Å². The van der Waals surface area contributed by atoms with E-state index in [1.807, 2.05) is 0 Å². The molecule has 1 amide bonds. The lowest BCUT2D eigenvalue weighted by atomic mass is 9.94. The standard InChI is InChI=1S/C16H14F3N7O2/c17-16(18,19)15-23-13(25-28-15)12-7-20-6-11(22-12)9-2-1-5-26(8-9)14(27)10-3-4-21-24-10/h3-4,6-7,9H,1-2,5,8H2,(H,21,24)/t9-/m0/s1. The van der Waals surface area contributed by atoms with Gasteiger partial charge in [-0.1, -0.05) is 5.16 Å². The summed E-state index contributed by atoms with van der Waals surface area (Å²) in [4.78, 5) is 25.9. The van der Waals surface area contributed by atoms with Crippen molar-refractivity contribution >= 4 is 5.91 Å². The van der Waals surface area contributed by atoms with Gasteiger partial charge in [0.15, 0.2) is 0 Å². The zero-order valence-corrected chi connectivity index (χ0v) is 14.3. The smallest absolute Gasteiger partial charge is 0.337 e. The normalized spacial score (nSPS) is 17.7. The first-order chi connectivity index (χ1) is 13.4. The highest BCUT2D eigenvalue weighted by Gasteiger charge is 2.38. The third kappa shape index (κ3) is 3.57. The first-order valence-electron chi connectivity index (χ1n) is 8.43. The molecule has 0 aliphatic carbocycles. The third-order valence-corrected chi connectivity index (χ3v) is 4.41. The van der Waals surface area contributed by atoms with Crippen LogP contribution in [0.4, 0.5) is 13.2 Å². The summed E-state index contributed by atoms with van der Waals surface area (Å²) >= 11 is 0. The van der Waals surface area contributed by atoms with E-state index in [0.717, 1.165) is 12.8 Å². The van der Waals surface area contributed by atoms with Crippen molar-refractivity contribution in [2.75, 3.05) is 13.1 Å². The van der Waals surface area contributed by atoms with Crippen molar-refractivity contribution in [1.82, 2.24) is 35.2 Å². The Hall–Kier alpha value is -3.31. The number of nitrogens with one attached hydrogen (secondary N) is 1. The van der Waals surface area contributed by atoms with Crippen LogP contribution in [0.25, 0.3) is 11.5 Å². The second kappa shape index (κ2) is 7.02. The molecule has 4 heterocycles. The number of hydrogen-bond donors (Lipinski definition) is 1. The topological polar surface area (TPSA) is 114 Å². The number of rotatable bonds is 3. The molecule has 1 aliphatic rings. The van der Waals surface area contributed by atoms with Crippen LogP contribution in [0.3, 0.4) is 0 Å². The summed E-state index contributed by atoms with van der Waals surface area (Å²) < 4.78 is 42.2. The monoisotopic (exact) mass is 393 g/mol. The molecule has 9 nitrogen and oxygen atoms in total. The molecular weight excluding hydrogens is 379 g/mol. The molecule has 0 spiro atoms. The molecule has 0 bridgehead atoms. The van der Waals surface area contributed by atoms with E-state index in [0.29, 0.717) is 24.5 Å². The van der Waals surface area contributed by atoms with Crippen LogP contribution in [-0.2, 0) is 6.18 Å². The predicted octanol–water partition coefficient (Wildman–Crippen LogP) is 2.29. The minimum absolute atomic E-state index is 0.0776. The van der Waals surface area contributed by atoms with E-state index >= 15 is 0 Å². The maximum absolute atomic E-state index is 12.6. The number of nitrogens with zero attached hydrogens (tertiary/aromatic N) is 6. The summed E-state index contributed by atoms with van der Waals surface area (Å²) in [6.07, 6.45) is 1.10. The van der Waals surface area contributed by atoms with E-state index in [1.165, 1.54) is 18.6 Å². The van der Waals surface area contributed by atoms with Crippen molar-refractivity contribution in [2.24, 2.45) is 0 Å². The lowest BCUT2D eigenvalue weighted by Crippen LogP contribution is -2.39. The number of alkyl halides is 3. The summed E-state index contributed by atoms with van der Waals surface area (Å²) in [5.41, 5.74) is 1.03. The van der Waals surface area contributed by atoms with Gasteiger partial charge >= 0.3 is 12.1 Å². The molecule has 1 fully saturated rings. The van der Waals surface area contributed by atoms with Crippen LogP contribution in [-0.4, -0.2) is 54.2 Å². The fourth-order valence-corrected chi connectivity index (χ4v) is 3.08. The van der Waals surface area contributed by atoms with Gasteiger partial charge in [0.05, 0.1) is 11.9 Å². The highest BCUT2D eigenvalue weighted by atomic mass is 19.4. The number of aromatic amines is 1. The van der Waals surface area contributed by atoms with Crippen molar-refractivity contribution in [1.29, 1.82) is 0 Å². The minimum atomic E-state index is -4.73. The Morgan fingerprint density at radius 3 is 2.86 bits per heavy atom. The highest BCUT2D eigenvalue weighted by molar-refractivity contribution is 5.92. The third-order valence-electron chi connectivity index (χ3n) is 4.41. The van der Waals surface area contributed by atoms with Crippen LogP contribution in [0.15, 0.2) is 29.2 Å². The molecule has 0 unspecified atom stereocenters. The van der Waals surface area contributed by atoms with Gasteiger partial charge in [-0.15, -0.1) is 0 Å². The average Bonchev–Trinajstić information content (AvgIpc) is 3.39. The van der Waals surface area contributed by atoms with Crippen LogP contribution in [0.1, 0.15) is 40.8 Å². The number of halogens is 3. The van der Waals surface area contributed by atoms with Gasteiger partial charge < -0.3 is 9.42 Å². The lowest BCUT2D eigenvalue weighted by molar-refractivity contribution is -0.159. The van der Waals surface area contributed by atoms with E-state index in [9.17, 15) is 18.0 Å². The van der Waals surface area contributed by atoms with Gasteiger partial charge in [0.1, 0.15) is 11.4 Å². The van der Waals surface area contributed by atoms with E-state index < -0.39 is 12.1 Å². The molecule has 0 aromatic carbocycles. The fourth-order valence-electron chi connectivity index (χ4n) is 3.08. The zero-order valence-electron chi connectivity index (χ0n) is 14.3. The van der Waals surface area contributed by atoms with Crippen molar-refractivity contribution in [3.05, 3.63) is 41.9 Å². The number of aromatic nitrogens is 6. The van der Waals surface area contributed by atoms with E-state index in [-0.39, 0.29) is 23.3 Å². The summed E-state index contributed by atoms with van der Waals surface area (Å²) in [6.45, 7) is 1.01. The molecule has 1 atom stereocenters. The van der Waals surface area contributed by atoms with Crippen LogP contribution in [0.2, 0.25) is 0 Å². The molecule has 1 saturated heterocycles. The second-order valence-corrected chi connectivity index (χ2v) is 6.31. The number of H-pyrrole nitrogens is 1. The van der Waals surface area contributed by atoms with E-state index in [1.54, 1.807) is 11.0 Å². The van der Waals surface area contributed by atoms with Crippen molar-refractivity contribution in [2.45, 2.75) is 24.9 Å². The second-order valence-electron chi connectivity index (χ2n) is 6.31. The molecule has 0 saturated carbocycles. The Morgan fingerprint density at radius 2 is 2.14 bits per heavy atom. The van der Waals surface area contributed by atoms with Crippen LogP contribution in [0, 0.1) is 0 Å². The Labute approximate surface area is 156 Å². The highest BCUT2D eigenvalue weighted by Crippen LogP contribution is 2.30. The minimum Gasteiger partial charge on any atom is -0.337 e. The number of amides is 1.